The highest BCUT2D eigenvalue weighted by Crippen LogP contribution is 2.22. The third kappa shape index (κ3) is 4.59. The van der Waals surface area contributed by atoms with E-state index in [1.54, 1.807) is 30.5 Å². The third-order valence-corrected chi connectivity index (χ3v) is 5.23. The molecule has 0 aliphatic rings. The summed E-state index contributed by atoms with van der Waals surface area (Å²) in [4.78, 5) is 31.9. The molecule has 1 aromatic heterocycles. The van der Waals surface area contributed by atoms with Gasteiger partial charge in [0.1, 0.15) is 0 Å². The zero-order valence-electron chi connectivity index (χ0n) is 18.2. The lowest BCUT2D eigenvalue weighted by atomic mass is 10.1. The Balaban J connectivity index is 1.53. The van der Waals surface area contributed by atoms with Gasteiger partial charge in [-0.15, -0.1) is 0 Å². The Labute approximate surface area is 186 Å². The van der Waals surface area contributed by atoms with Crippen molar-refractivity contribution in [2.75, 3.05) is 29.6 Å². The minimum atomic E-state index is -0.242. The number of pyridine rings is 1. The minimum absolute atomic E-state index is 0.241. The van der Waals surface area contributed by atoms with Crippen LogP contribution in [0.15, 0.2) is 79.0 Å². The van der Waals surface area contributed by atoms with Crippen LogP contribution in [0.3, 0.4) is 0 Å². The Morgan fingerprint density at radius 2 is 1.56 bits per heavy atom. The van der Waals surface area contributed by atoms with Crippen molar-refractivity contribution >= 4 is 39.8 Å². The summed E-state index contributed by atoms with van der Waals surface area (Å²) in [6.45, 7) is 1.89. The van der Waals surface area contributed by atoms with Crippen molar-refractivity contribution < 1.29 is 9.59 Å². The summed E-state index contributed by atoms with van der Waals surface area (Å²) >= 11 is 0. The van der Waals surface area contributed by atoms with Crippen LogP contribution in [0, 0.1) is 6.92 Å². The number of benzene rings is 3. The molecule has 4 aromatic rings. The first-order valence-corrected chi connectivity index (χ1v) is 10.3. The second-order valence-electron chi connectivity index (χ2n) is 7.79. The van der Waals surface area contributed by atoms with Gasteiger partial charge in [-0.25, -0.2) is 0 Å². The highest BCUT2D eigenvalue weighted by atomic mass is 16.2. The Morgan fingerprint density at radius 1 is 0.812 bits per heavy atom. The van der Waals surface area contributed by atoms with E-state index in [1.165, 1.54) is 0 Å². The van der Waals surface area contributed by atoms with Crippen molar-refractivity contribution in [3.8, 4) is 0 Å². The molecular formula is C26H24N4O2. The van der Waals surface area contributed by atoms with Gasteiger partial charge in [-0.2, -0.15) is 0 Å². The van der Waals surface area contributed by atoms with E-state index in [0.717, 1.165) is 22.2 Å². The molecule has 0 aliphatic carbocycles. The summed E-state index contributed by atoms with van der Waals surface area (Å²) in [6.07, 6.45) is 1.72. The van der Waals surface area contributed by atoms with E-state index in [4.69, 9.17) is 0 Å². The second kappa shape index (κ2) is 8.89. The normalized spacial score (nSPS) is 10.6. The summed E-state index contributed by atoms with van der Waals surface area (Å²) in [5, 5.41) is 6.74. The van der Waals surface area contributed by atoms with Crippen LogP contribution >= 0.6 is 0 Å². The summed E-state index contributed by atoms with van der Waals surface area (Å²) in [7, 11) is 3.89. The van der Waals surface area contributed by atoms with E-state index in [9.17, 15) is 9.59 Å². The number of hydrogen-bond donors (Lipinski definition) is 2. The number of anilines is 3. The lowest BCUT2D eigenvalue weighted by Gasteiger charge is -2.14. The van der Waals surface area contributed by atoms with Crippen LogP contribution in [-0.4, -0.2) is 30.9 Å². The van der Waals surface area contributed by atoms with Crippen LogP contribution in [0.4, 0.5) is 17.1 Å². The Kier molecular flexibility index (Phi) is 5.85. The highest BCUT2D eigenvalue weighted by Gasteiger charge is 2.13. The van der Waals surface area contributed by atoms with Crippen molar-refractivity contribution in [1.82, 2.24) is 4.98 Å². The molecule has 0 saturated heterocycles. The zero-order chi connectivity index (χ0) is 22.7. The SMILES string of the molecule is Cc1ccc(C(=O)Nc2cccc(N(C)C)c2)cc1NC(=O)c1ccc2ncccc2c1. The monoisotopic (exact) mass is 424 g/mol. The van der Waals surface area contributed by atoms with Gasteiger partial charge in [0.05, 0.1) is 5.52 Å². The second-order valence-corrected chi connectivity index (χ2v) is 7.79. The first-order valence-electron chi connectivity index (χ1n) is 10.3. The fourth-order valence-electron chi connectivity index (χ4n) is 3.37. The molecule has 4 rings (SSSR count). The Hall–Kier alpha value is -4.19. The summed E-state index contributed by atoms with van der Waals surface area (Å²) in [5.41, 5.74) is 4.98. The van der Waals surface area contributed by atoms with E-state index in [0.29, 0.717) is 22.5 Å². The van der Waals surface area contributed by atoms with Gasteiger partial charge in [-0.05, 0) is 67.1 Å². The van der Waals surface area contributed by atoms with Crippen LogP contribution in [0.5, 0.6) is 0 Å². The average molecular weight is 425 g/mol. The molecule has 0 fully saturated rings. The number of carbonyl (C=O) groups excluding carboxylic acids is 2. The lowest BCUT2D eigenvalue weighted by molar-refractivity contribution is 0.101. The van der Waals surface area contributed by atoms with E-state index >= 15 is 0 Å². The molecule has 2 N–H and O–H groups in total. The van der Waals surface area contributed by atoms with E-state index in [1.807, 2.05) is 74.4 Å². The maximum Gasteiger partial charge on any atom is 0.255 e. The largest absolute Gasteiger partial charge is 0.378 e. The molecule has 6 heteroatoms. The van der Waals surface area contributed by atoms with Gasteiger partial charge >= 0.3 is 0 Å². The number of nitrogens with zero attached hydrogens (tertiary/aromatic N) is 2. The van der Waals surface area contributed by atoms with Crippen LogP contribution in [-0.2, 0) is 0 Å². The van der Waals surface area contributed by atoms with Gasteiger partial charge < -0.3 is 15.5 Å². The fourth-order valence-corrected chi connectivity index (χ4v) is 3.37. The third-order valence-electron chi connectivity index (χ3n) is 5.23. The Bertz CT molecular complexity index is 1310. The average Bonchev–Trinajstić information content (AvgIpc) is 2.80. The number of aryl methyl sites for hydroxylation is 1. The van der Waals surface area contributed by atoms with Gasteiger partial charge in [-0.1, -0.05) is 18.2 Å². The number of nitrogens with one attached hydrogen (secondary N) is 2. The maximum absolute atomic E-state index is 12.8. The molecule has 0 bridgehead atoms. The number of fused-ring (bicyclic) bond motifs is 1. The number of carbonyl (C=O) groups is 2. The topological polar surface area (TPSA) is 74.3 Å². The van der Waals surface area contributed by atoms with Crippen molar-refractivity contribution in [2.45, 2.75) is 6.92 Å². The van der Waals surface area contributed by atoms with Gasteiger partial charge in [-0.3, -0.25) is 14.6 Å². The molecule has 32 heavy (non-hydrogen) atoms. The van der Waals surface area contributed by atoms with E-state index < -0.39 is 0 Å². The van der Waals surface area contributed by atoms with Gasteiger partial charge in [0, 0.05) is 53.9 Å². The fraction of sp³-hybridized carbons (Fsp3) is 0.115. The van der Waals surface area contributed by atoms with Gasteiger partial charge in [0.25, 0.3) is 11.8 Å². The molecule has 160 valence electrons. The van der Waals surface area contributed by atoms with Crippen molar-refractivity contribution in [2.24, 2.45) is 0 Å². The van der Waals surface area contributed by atoms with Crippen LogP contribution in [0.1, 0.15) is 26.3 Å². The summed E-state index contributed by atoms with van der Waals surface area (Å²) in [5.74, 6) is -0.483. The maximum atomic E-state index is 12.8. The summed E-state index contributed by atoms with van der Waals surface area (Å²) in [6, 6.07) is 22.0. The zero-order valence-corrected chi connectivity index (χ0v) is 18.2. The minimum Gasteiger partial charge on any atom is -0.378 e. The molecule has 6 nitrogen and oxygen atoms in total. The van der Waals surface area contributed by atoms with Crippen LogP contribution in [0.25, 0.3) is 10.9 Å². The van der Waals surface area contributed by atoms with Gasteiger partial charge in [0.2, 0.25) is 0 Å². The standard InChI is InChI=1S/C26H24N4O2/c1-17-9-10-20(25(31)28-21-7-4-8-22(16-21)30(2)3)15-24(17)29-26(32)19-11-12-23-18(14-19)6-5-13-27-23/h4-16H,1-3H3,(H,28,31)(H,29,32). The molecule has 0 radical (unpaired) electrons. The first kappa shape index (κ1) is 21.1. The molecule has 0 spiro atoms. The molecule has 2 amide bonds. The number of rotatable bonds is 5. The quantitative estimate of drug-likeness (QED) is 0.467. The predicted octanol–water partition coefficient (Wildman–Crippen LogP) is 5.11. The van der Waals surface area contributed by atoms with E-state index in [-0.39, 0.29) is 11.8 Å². The Morgan fingerprint density at radius 3 is 2.38 bits per heavy atom. The van der Waals surface area contributed by atoms with Crippen molar-refractivity contribution in [1.29, 1.82) is 0 Å². The lowest BCUT2D eigenvalue weighted by Crippen LogP contribution is -2.16. The number of aromatic nitrogens is 1. The predicted molar refractivity (Wildman–Crippen MR) is 130 cm³/mol. The molecule has 1 heterocycles. The number of hydrogen-bond acceptors (Lipinski definition) is 4. The molecule has 0 aliphatic heterocycles. The molecular weight excluding hydrogens is 400 g/mol. The number of amides is 2. The molecule has 3 aromatic carbocycles. The molecule has 0 unspecified atom stereocenters. The van der Waals surface area contributed by atoms with Gasteiger partial charge in [0.15, 0.2) is 0 Å². The smallest absolute Gasteiger partial charge is 0.255 e. The van der Waals surface area contributed by atoms with Crippen molar-refractivity contribution in [3.63, 3.8) is 0 Å². The van der Waals surface area contributed by atoms with Crippen LogP contribution < -0.4 is 15.5 Å². The van der Waals surface area contributed by atoms with Crippen LogP contribution in [0.2, 0.25) is 0 Å². The van der Waals surface area contributed by atoms with Crippen molar-refractivity contribution in [3.05, 3.63) is 95.7 Å². The summed E-state index contributed by atoms with van der Waals surface area (Å²) < 4.78 is 0. The first-order chi connectivity index (χ1) is 15.4. The molecule has 0 saturated carbocycles. The van der Waals surface area contributed by atoms with E-state index in [2.05, 4.69) is 15.6 Å². The molecule has 0 atom stereocenters. The highest BCUT2D eigenvalue weighted by molar-refractivity contribution is 6.08.